The molecule has 0 fully saturated rings. The zero-order chi connectivity index (χ0) is 14.1. The number of nitrogens with one attached hydrogen (secondary N) is 1. The number of carbonyl (C=O) groups is 1. The van der Waals surface area contributed by atoms with Gasteiger partial charge in [0.25, 0.3) is 5.91 Å². The number of fused-ring (bicyclic) bond motifs is 1. The van der Waals surface area contributed by atoms with Gasteiger partial charge in [0.2, 0.25) is 0 Å². The lowest BCUT2D eigenvalue weighted by atomic mass is 10.1. The standard InChI is InChI=1S/C15H11BrFNO2/c16-12-7-9(17)5-6-10(12)15(19)18-13-8-20-14-4-2-1-3-11(13)14/h1-7,13H,8H2,(H,18,19). The molecule has 0 saturated heterocycles. The number of hydrogen-bond donors (Lipinski definition) is 1. The summed E-state index contributed by atoms with van der Waals surface area (Å²) in [7, 11) is 0. The molecule has 1 aliphatic rings. The lowest BCUT2D eigenvalue weighted by Gasteiger charge is -2.12. The van der Waals surface area contributed by atoms with E-state index in [1.807, 2.05) is 24.3 Å². The molecular formula is C15H11BrFNO2. The van der Waals surface area contributed by atoms with Gasteiger partial charge in [0.1, 0.15) is 18.2 Å². The second-order valence-electron chi connectivity index (χ2n) is 4.50. The van der Waals surface area contributed by atoms with Crippen molar-refractivity contribution in [1.29, 1.82) is 0 Å². The monoisotopic (exact) mass is 335 g/mol. The van der Waals surface area contributed by atoms with Gasteiger partial charge in [-0.15, -0.1) is 0 Å². The SMILES string of the molecule is O=C(NC1COc2ccccc21)c1ccc(F)cc1Br. The van der Waals surface area contributed by atoms with Gasteiger partial charge in [-0.25, -0.2) is 4.39 Å². The molecule has 2 aromatic carbocycles. The maximum absolute atomic E-state index is 13.0. The van der Waals surface area contributed by atoms with E-state index in [9.17, 15) is 9.18 Å². The van der Waals surface area contributed by atoms with Crippen molar-refractivity contribution in [2.24, 2.45) is 0 Å². The molecule has 0 aromatic heterocycles. The summed E-state index contributed by atoms with van der Waals surface area (Å²) in [6, 6.07) is 11.4. The van der Waals surface area contributed by atoms with Crippen molar-refractivity contribution in [2.45, 2.75) is 6.04 Å². The van der Waals surface area contributed by atoms with Gasteiger partial charge in [-0.3, -0.25) is 4.79 Å². The van der Waals surface area contributed by atoms with Crippen LogP contribution in [0.15, 0.2) is 46.9 Å². The van der Waals surface area contributed by atoms with E-state index in [1.165, 1.54) is 18.2 Å². The minimum Gasteiger partial charge on any atom is -0.491 e. The second-order valence-corrected chi connectivity index (χ2v) is 5.35. The fraction of sp³-hybridized carbons (Fsp3) is 0.133. The van der Waals surface area contributed by atoms with Crippen molar-refractivity contribution in [3.8, 4) is 5.75 Å². The van der Waals surface area contributed by atoms with Gasteiger partial charge < -0.3 is 10.1 Å². The molecule has 0 saturated carbocycles. The molecule has 3 rings (SSSR count). The largest absolute Gasteiger partial charge is 0.491 e. The van der Waals surface area contributed by atoms with Gasteiger partial charge in [-0.1, -0.05) is 18.2 Å². The maximum Gasteiger partial charge on any atom is 0.253 e. The quantitative estimate of drug-likeness (QED) is 0.912. The molecular weight excluding hydrogens is 325 g/mol. The summed E-state index contributed by atoms with van der Waals surface area (Å²) >= 11 is 3.20. The van der Waals surface area contributed by atoms with Crippen LogP contribution in [0, 0.1) is 5.82 Å². The predicted molar refractivity (Wildman–Crippen MR) is 76.2 cm³/mol. The van der Waals surface area contributed by atoms with Crippen molar-refractivity contribution in [3.05, 3.63) is 63.9 Å². The highest BCUT2D eigenvalue weighted by Gasteiger charge is 2.25. The molecule has 0 bridgehead atoms. The van der Waals surface area contributed by atoms with Crippen LogP contribution in [-0.4, -0.2) is 12.5 Å². The smallest absolute Gasteiger partial charge is 0.253 e. The Morgan fingerprint density at radius 1 is 1.30 bits per heavy atom. The summed E-state index contributed by atoms with van der Waals surface area (Å²) in [6.45, 7) is 0.407. The Balaban J connectivity index is 1.81. The summed E-state index contributed by atoms with van der Waals surface area (Å²) < 4.78 is 19.0. The van der Waals surface area contributed by atoms with E-state index in [-0.39, 0.29) is 17.8 Å². The van der Waals surface area contributed by atoms with Crippen molar-refractivity contribution in [2.75, 3.05) is 6.61 Å². The molecule has 0 spiro atoms. The number of ether oxygens (including phenoxy) is 1. The molecule has 1 aliphatic heterocycles. The topological polar surface area (TPSA) is 38.3 Å². The molecule has 1 amide bonds. The first kappa shape index (κ1) is 13.1. The van der Waals surface area contributed by atoms with Crippen LogP contribution in [-0.2, 0) is 0 Å². The molecule has 1 N–H and O–H groups in total. The normalized spacial score (nSPS) is 16.4. The first-order valence-electron chi connectivity index (χ1n) is 6.13. The molecule has 20 heavy (non-hydrogen) atoms. The summed E-state index contributed by atoms with van der Waals surface area (Å²) in [5.41, 5.74) is 1.36. The molecule has 0 aliphatic carbocycles. The van der Waals surface area contributed by atoms with E-state index in [4.69, 9.17) is 4.74 Å². The number of amides is 1. The van der Waals surface area contributed by atoms with Crippen LogP contribution in [0.5, 0.6) is 5.75 Å². The first-order chi connectivity index (χ1) is 9.65. The second kappa shape index (κ2) is 5.25. The maximum atomic E-state index is 13.0. The number of hydrogen-bond acceptors (Lipinski definition) is 2. The van der Waals surface area contributed by atoms with E-state index in [0.29, 0.717) is 16.6 Å². The fourth-order valence-electron chi connectivity index (χ4n) is 2.19. The summed E-state index contributed by atoms with van der Waals surface area (Å²) in [6.07, 6.45) is 0. The van der Waals surface area contributed by atoms with Crippen LogP contribution in [0.1, 0.15) is 22.0 Å². The van der Waals surface area contributed by atoms with E-state index < -0.39 is 0 Å². The average molecular weight is 336 g/mol. The third-order valence-electron chi connectivity index (χ3n) is 3.18. The predicted octanol–water partition coefficient (Wildman–Crippen LogP) is 3.45. The molecule has 3 nitrogen and oxygen atoms in total. The number of para-hydroxylation sites is 1. The Morgan fingerprint density at radius 2 is 2.10 bits per heavy atom. The van der Waals surface area contributed by atoms with Crippen molar-refractivity contribution < 1.29 is 13.9 Å². The molecule has 0 radical (unpaired) electrons. The zero-order valence-electron chi connectivity index (χ0n) is 10.4. The van der Waals surface area contributed by atoms with E-state index in [0.717, 1.165) is 11.3 Å². The van der Waals surface area contributed by atoms with Crippen molar-refractivity contribution in [1.82, 2.24) is 5.32 Å². The molecule has 102 valence electrons. The number of benzene rings is 2. The lowest BCUT2D eigenvalue weighted by Crippen LogP contribution is -2.29. The molecule has 1 unspecified atom stereocenters. The zero-order valence-corrected chi connectivity index (χ0v) is 12.0. The Bertz CT molecular complexity index is 675. The van der Waals surface area contributed by atoms with Crippen molar-refractivity contribution in [3.63, 3.8) is 0 Å². The van der Waals surface area contributed by atoms with Gasteiger partial charge in [-0.2, -0.15) is 0 Å². The summed E-state index contributed by atoms with van der Waals surface area (Å²) in [5, 5.41) is 2.90. The minimum absolute atomic E-state index is 0.185. The van der Waals surface area contributed by atoms with Gasteiger partial charge >= 0.3 is 0 Å². The number of halogens is 2. The minimum atomic E-state index is -0.386. The number of rotatable bonds is 2. The molecule has 5 heteroatoms. The highest BCUT2D eigenvalue weighted by molar-refractivity contribution is 9.10. The highest BCUT2D eigenvalue weighted by atomic mass is 79.9. The van der Waals surface area contributed by atoms with Crippen LogP contribution >= 0.6 is 15.9 Å². The van der Waals surface area contributed by atoms with Crippen LogP contribution in [0.2, 0.25) is 0 Å². The van der Waals surface area contributed by atoms with E-state index in [2.05, 4.69) is 21.2 Å². The molecule has 1 atom stereocenters. The highest BCUT2D eigenvalue weighted by Crippen LogP contribution is 2.32. The van der Waals surface area contributed by atoms with Gasteiger partial charge in [-0.05, 0) is 40.2 Å². The van der Waals surface area contributed by atoms with Crippen molar-refractivity contribution >= 4 is 21.8 Å². The third kappa shape index (κ3) is 2.41. The van der Waals surface area contributed by atoms with Crippen LogP contribution < -0.4 is 10.1 Å². The number of carbonyl (C=O) groups excluding carboxylic acids is 1. The Hall–Kier alpha value is -1.88. The Morgan fingerprint density at radius 3 is 2.90 bits per heavy atom. The fourth-order valence-corrected chi connectivity index (χ4v) is 2.72. The summed E-state index contributed by atoms with van der Waals surface area (Å²) in [4.78, 5) is 12.2. The van der Waals surface area contributed by atoms with E-state index in [1.54, 1.807) is 0 Å². The summed E-state index contributed by atoms with van der Waals surface area (Å²) in [5.74, 6) is 0.140. The van der Waals surface area contributed by atoms with Gasteiger partial charge in [0.05, 0.1) is 11.6 Å². The molecule has 1 heterocycles. The Labute approximate surface area is 123 Å². The van der Waals surface area contributed by atoms with Crippen LogP contribution in [0.3, 0.4) is 0 Å². The van der Waals surface area contributed by atoms with Gasteiger partial charge in [0.15, 0.2) is 0 Å². The van der Waals surface area contributed by atoms with Crippen LogP contribution in [0.4, 0.5) is 4.39 Å². The average Bonchev–Trinajstić information content (AvgIpc) is 2.82. The van der Waals surface area contributed by atoms with Gasteiger partial charge in [0, 0.05) is 10.0 Å². The Kier molecular flexibility index (Phi) is 3.44. The third-order valence-corrected chi connectivity index (χ3v) is 3.84. The lowest BCUT2D eigenvalue weighted by molar-refractivity contribution is 0.0929. The van der Waals surface area contributed by atoms with Crippen LogP contribution in [0.25, 0.3) is 0 Å². The first-order valence-corrected chi connectivity index (χ1v) is 6.92. The van der Waals surface area contributed by atoms with E-state index >= 15 is 0 Å². The molecule has 2 aromatic rings.